The summed E-state index contributed by atoms with van der Waals surface area (Å²) < 4.78 is 0. The maximum absolute atomic E-state index is 12.3. The number of aromatic nitrogens is 2. The zero-order valence-electron chi connectivity index (χ0n) is 15.9. The fourth-order valence-corrected chi connectivity index (χ4v) is 2.85. The number of fused-ring (bicyclic) bond motifs is 1. The largest absolute Gasteiger partial charge is 0.352 e. The minimum Gasteiger partial charge on any atom is -0.352 e. The topological polar surface area (TPSA) is 58.1 Å². The highest BCUT2D eigenvalue weighted by molar-refractivity contribution is 5.97. The monoisotopic (exact) mass is 342 g/mol. The van der Waals surface area contributed by atoms with Crippen LogP contribution < -0.4 is 5.32 Å². The lowest BCUT2D eigenvalue weighted by molar-refractivity contribution is 0.0953. The molecule has 1 aromatic carbocycles. The Hall–Kier alpha value is -2.01. The number of carbonyl (C=O) groups excluding carboxylic acids is 1. The molecular weight excluding hydrogens is 312 g/mol. The van der Waals surface area contributed by atoms with Gasteiger partial charge in [0.15, 0.2) is 0 Å². The van der Waals surface area contributed by atoms with Crippen LogP contribution in [0.15, 0.2) is 18.2 Å². The third kappa shape index (κ3) is 5.49. The molecule has 5 nitrogen and oxygen atoms in total. The van der Waals surface area contributed by atoms with Gasteiger partial charge >= 0.3 is 0 Å². The number of nitrogens with one attached hydrogen (secondary N) is 1. The van der Waals surface area contributed by atoms with Gasteiger partial charge in [-0.3, -0.25) is 4.79 Å². The number of benzene rings is 1. The van der Waals surface area contributed by atoms with Gasteiger partial charge in [-0.05, 0) is 64.5 Å². The van der Waals surface area contributed by atoms with E-state index in [2.05, 4.69) is 34.0 Å². The average molecular weight is 342 g/mol. The number of amides is 1. The first-order valence-electron chi connectivity index (χ1n) is 9.30. The average Bonchev–Trinajstić information content (AvgIpc) is 2.61. The summed E-state index contributed by atoms with van der Waals surface area (Å²) in [7, 11) is 0. The van der Waals surface area contributed by atoms with Gasteiger partial charge in [0.05, 0.1) is 22.4 Å². The highest BCUT2D eigenvalue weighted by Gasteiger charge is 2.08. The summed E-state index contributed by atoms with van der Waals surface area (Å²) in [4.78, 5) is 23.8. The third-order valence-electron chi connectivity index (χ3n) is 4.67. The quantitative estimate of drug-likeness (QED) is 0.709. The summed E-state index contributed by atoms with van der Waals surface area (Å²) in [6.45, 7) is 12.3. The fraction of sp³-hybridized carbons (Fsp3) is 0.550. The Morgan fingerprint density at radius 1 is 1.00 bits per heavy atom. The molecule has 0 aliphatic carbocycles. The summed E-state index contributed by atoms with van der Waals surface area (Å²) in [5.74, 6) is -0.0364. The second-order valence-corrected chi connectivity index (χ2v) is 6.44. The molecule has 1 heterocycles. The van der Waals surface area contributed by atoms with Crippen LogP contribution in [0.2, 0.25) is 0 Å². The van der Waals surface area contributed by atoms with E-state index >= 15 is 0 Å². The van der Waals surface area contributed by atoms with Gasteiger partial charge in [-0.2, -0.15) is 0 Å². The fourth-order valence-electron chi connectivity index (χ4n) is 2.85. The second-order valence-electron chi connectivity index (χ2n) is 6.44. The molecule has 2 rings (SSSR count). The molecule has 0 radical (unpaired) electrons. The molecule has 0 saturated heterocycles. The van der Waals surface area contributed by atoms with Gasteiger partial charge in [0.2, 0.25) is 0 Å². The summed E-state index contributed by atoms with van der Waals surface area (Å²) in [6, 6.07) is 5.51. The lowest BCUT2D eigenvalue weighted by Crippen LogP contribution is -2.25. The molecule has 1 aromatic heterocycles. The smallest absolute Gasteiger partial charge is 0.251 e. The van der Waals surface area contributed by atoms with Crippen molar-refractivity contribution < 1.29 is 4.79 Å². The number of carbonyl (C=O) groups is 1. The van der Waals surface area contributed by atoms with Crippen LogP contribution in [0.1, 0.15) is 54.9 Å². The maximum atomic E-state index is 12.3. The van der Waals surface area contributed by atoms with E-state index in [1.165, 1.54) is 6.42 Å². The van der Waals surface area contributed by atoms with Gasteiger partial charge in [-0.1, -0.05) is 20.3 Å². The first-order valence-corrected chi connectivity index (χ1v) is 9.30. The molecule has 1 amide bonds. The van der Waals surface area contributed by atoms with Crippen LogP contribution in [-0.2, 0) is 0 Å². The summed E-state index contributed by atoms with van der Waals surface area (Å²) in [5.41, 5.74) is 4.08. The molecule has 136 valence electrons. The minimum atomic E-state index is -0.0364. The van der Waals surface area contributed by atoms with E-state index in [1.54, 1.807) is 0 Å². The number of aryl methyl sites for hydroxylation is 2. The number of nitrogens with zero attached hydrogens (tertiary/aromatic N) is 3. The van der Waals surface area contributed by atoms with E-state index in [4.69, 9.17) is 0 Å². The molecule has 0 atom stereocenters. The number of hydrogen-bond donors (Lipinski definition) is 1. The van der Waals surface area contributed by atoms with Gasteiger partial charge < -0.3 is 10.2 Å². The summed E-state index contributed by atoms with van der Waals surface area (Å²) >= 11 is 0. The SMILES string of the molecule is CCN(CC)CCCCCNC(=O)c1ccc2nc(C)c(C)nc2c1. The molecular formula is C20H30N4O. The van der Waals surface area contributed by atoms with Crippen molar-refractivity contribution in [2.75, 3.05) is 26.2 Å². The molecule has 5 heteroatoms. The van der Waals surface area contributed by atoms with Gasteiger partial charge in [0.1, 0.15) is 0 Å². The first kappa shape index (κ1) is 19.3. The van der Waals surface area contributed by atoms with Crippen molar-refractivity contribution in [3.8, 4) is 0 Å². The van der Waals surface area contributed by atoms with Crippen LogP contribution >= 0.6 is 0 Å². The van der Waals surface area contributed by atoms with E-state index in [0.29, 0.717) is 12.1 Å². The highest BCUT2D eigenvalue weighted by atomic mass is 16.1. The molecule has 0 aliphatic rings. The van der Waals surface area contributed by atoms with Crippen LogP contribution in [0, 0.1) is 13.8 Å². The van der Waals surface area contributed by atoms with E-state index in [1.807, 2.05) is 32.0 Å². The Bertz CT molecular complexity index is 710. The van der Waals surface area contributed by atoms with Crippen LogP contribution in [-0.4, -0.2) is 47.0 Å². The Labute approximate surface area is 150 Å². The molecule has 0 aliphatic heterocycles. The highest BCUT2D eigenvalue weighted by Crippen LogP contribution is 2.14. The zero-order valence-corrected chi connectivity index (χ0v) is 15.9. The normalized spacial score (nSPS) is 11.2. The molecule has 1 N–H and O–H groups in total. The number of hydrogen-bond acceptors (Lipinski definition) is 4. The Balaban J connectivity index is 1.81. The standard InChI is InChI=1S/C20H30N4O/c1-5-24(6-2)13-9-7-8-12-21-20(25)17-10-11-18-19(14-17)23-16(4)15(3)22-18/h10-11,14H,5-9,12-13H2,1-4H3,(H,21,25). The number of rotatable bonds is 9. The molecule has 2 aromatic rings. The van der Waals surface area contributed by atoms with Crippen molar-refractivity contribution in [3.05, 3.63) is 35.2 Å². The van der Waals surface area contributed by atoms with Crippen molar-refractivity contribution in [2.24, 2.45) is 0 Å². The lowest BCUT2D eigenvalue weighted by atomic mass is 10.1. The molecule has 0 fully saturated rings. The molecule has 0 unspecified atom stereocenters. The van der Waals surface area contributed by atoms with Crippen LogP contribution in [0.3, 0.4) is 0 Å². The molecule has 25 heavy (non-hydrogen) atoms. The van der Waals surface area contributed by atoms with Crippen molar-refractivity contribution in [3.63, 3.8) is 0 Å². The van der Waals surface area contributed by atoms with Gasteiger partial charge in [-0.25, -0.2) is 9.97 Å². The van der Waals surface area contributed by atoms with Crippen LogP contribution in [0.25, 0.3) is 11.0 Å². The van der Waals surface area contributed by atoms with E-state index in [-0.39, 0.29) is 5.91 Å². The summed E-state index contributed by atoms with van der Waals surface area (Å²) in [5, 5.41) is 3.01. The van der Waals surface area contributed by atoms with E-state index in [9.17, 15) is 4.79 Å². The zero-order chi connectivity index (χ0) is 18.2. The van der Waals surface area contributed by atoms with Crippen molar-refractivity contribution in [1.82, 2.24) is 20.2 Å². The Morgan fingerprint density at radius 2 is 1.68 bits per heavy atom. The van der Waals surface area contributed by atoms with E-state index < -0.39 is 0 Å². The predicted octanol–water partition coefficient (Wildman–Crippen LogP) is 3.49. The molecule has 0 saturated carbocycles. The Morgan fingerprint density at radius 3 is 2.36 bits per heavy atom. The van der Waals surface area contributed by atoms with E-state index in [0.717, 1.165) is 54.9 Å². The van der Waals surface area contributed by atoms with Gasteiger partial charge in [0.25, 0.3) is 5.91 Å². The lowest BCUT2D eigenvalue weighted by Gasteiger charge is -2.17. The Kier molecular flexibility index (Phi) is 7.31. The number of unbranched alkanes of at least 4 members (excludes halogenated alkanes) is 2. The second kappa shape index (κ2) is 9.47. The van der Waals surface area contributed by atoms with Crippen molar-refractivity contribution >= 4 is 16.9 Å². The first-order chi connectivity index (χ1) is 12.0. The van der Waals surface area contributed by atoms with Crippen LogP contribution in [0.4, 0.5) is 0 Å². The molecule has 0 spiro atoms. The predicted molar refractivity (Wildman–Crippen MR) is 103 cm³/mol. The third-order valence-corrected chi connectivity index (χ3v) is 4.67. The minimum absolute atomic E-state index is 0.0364. The van der Waals surface area contributed by atoms with Crippen molar-refractivity contribution in [1.29, 1.82) is 0 Å². The molecule has 0 bridgehead atoms. The van der Waals surface area contributed by atoms with Gasteiger partial charge in [0, 0.05) is 12.1 Å². The maximum Gasteiger partial charge on any atom is 0.251 e. The van der Waals surface area contributed by atoms with Gasteiger partial charge in [-0.15, -0.1) is 0 Å². The van der Waals surface area contributed by atoms with Crippen molar-refractivity contribution in [2.45, 2.75) is 47.0 Å². The summed E-state index contributed by atoms with van der Waals surface area (Å²) in [6.07, 6.45) is 3.33. The van der Waals surface area contributed by atoms with Crippen LogP contribution in [0.5, 0.6) is 0 Å².